The van der Waals surface area contributed by atoms with Gasteiger partial charge in [0.2, 0.25) is 0 Å². The molecule has 1 aliphatic heterocycles. The molecule has 2 aromatic heterocycles. The fraction of sp³-hybridized carbons (Fsp3) is 0.417. The Labute approximate surface area is 128 Å². The van der Waals surface area contributed by atoms with Crippen LogP contribution in [0.3, 0.4) is 0 Å². The Hall–Kier alpha value is -1.41. The molecule has 0 aromatic carbocycles. The maximum atomic E-state index is 11.5. The molecule has 0 aliphatic carbocycles. The van der Waals surface area contributed by atoms with Gasteiger partial charge < -0.3 is 5.11 Å². The Balaban J connectivity index is 2.31. The second-order valence-electron chi connectivity index (χ2n) is 4.78. The fourth-order valence-electron chi connectivity index (χ4n) is 2.46. The van der Waals surface area contributed by atoms with E-state index in [2.05, 4.69) is 26.1 Å². The summed E-state index contributed by atoms with van der Waals surface area (Å²) in [7, 11) is 0. The topological polar surface area (TPSA) is 71.2 Å². The average Bonchev–Trinajstić information content (AvgIpc) is 2.84. The summed E-state index contributed by atoms with van der Waals surface area (Å²) in [6.45, 7) is 6.08. The SMILES string of the molecule is Cc1sc2c(c1Br)CN(C(=O)O)[C@@H](C)c1nnc(C)n1-2. The number of aromatic nitrogens is 3. The van der Waals surface area contributed by atoms with E-state index in [4.69, 9.17) is 0 Å². The van der Waals surface area contributed by atoms with Crippen LogP contribution in [0.15, 0.2) is 4.47 Å². The van der Waals surface area contributed by atoms with Crippen molar-refractivity contribution in [2.45, 2.75) is 33.4 Å². The molecule has 1 N–H and O–H groups in total. The molecule has 106 valence electrons. The Morgan fingerprint density at radius 1 is 1.45 bits per heavy atom. The number of carbonyl (C=O) groups is 1. The van der Waals surface area contributed by atoms with Crippen LogP contribution < -0.4 is 0 Å². The van der Waals surface area contributed by atoms with Crippen LogP contribution in [0.4, 0.5) is 4.79 Å². The third-order valence-corrected chi connectivity index (χ3v) is 6.02. The van der Waals surface area contributed by atoms with Crippen molar-refractivity contribution >= 4 is 33.4 Å². The van der Waals surface area contributed by atoms with Gasteiger partial charge in [0, 0.05) is 14.9 Å². The zero-order chi connectivity index (χ0) is 14.6. The highest BCUT2D eigenvalue weighted by Crippen LogP contribution is 2.41. The lowest BCUT2D eigenvalue weighted by Crippen LogP contribution is -2.31. The van der Waals surface area contributed by atoms with Crippen LogP contribution >= 0.6 is 27.3 Å². The van der Waals surface area contributed by atoms with Crippen molar-refractivity contribution in [1.29, 1.82) is 0 Å². The molecule has 6 nitrogen and oxygen atoms in total. The van der Waals surface area contributed by atoms with Crippen molar-refractivity contribution < 1.29 is 9.90 Å². The summed E-state index contributed by atoms with van der Waals surface area (Å²) in [4.78, 5) is 14.0. The second-order valence-corrected chi connectivity index (χ2v) is 6.78. The van der Waals surface area contributed by atoms with Gasteiger partial charge in [0.25, 0.3) is 0 Å². The number of thiophene rings is 1. The van der Waals surface area contributed by atoms with E-state index < -0.39 is 6.09 Å². The lowest BCUT2D eigenvalue weighted by molar-refractivity contribution is 0.123. The summed E-state index contributed by atoms with van der Waals surface area (Å²) < 4.78 is 2.93. The standard InChI is InChI=1S/C12H13BrN4O2S/c1-5-10-15-14-7(3)17(10)11-8(4-16(5)12(18)19)9(13)6(2)20-11/h5H,4H2,1-3H3,(H,18,19)/t5-/m0/s1. The highest BCUT2D eigenvalue weighted by atomic mass is 79.9. The van der Waals surface area contributed by atoms with Crippen molar-refractivity contribution in [3.63, 3.8) is 0 Å². The third kappa shape index (κ3) is 1.78. The van der Waals surface area contributed by atoms with Crippen molar-refractivity contribution in [2.75, 3.05) is 0 Å². The molecule has 1 atom stereocenters. The lowest BCUT2D eigenvalue weighted by atomic mass is 10.2. The Morgan fingerprint density at radius 3 is 2.80 bits per heavy atom. The van der Waals surface area contributed by atoms with Crippen LogP contribution in [-0.4, -0.2) is 30.9 Å². The van der Waals surface area contributed by atoms with Crippen LogP contribution in [0.5, 0.6) is 0 Å². The minimum atomic E-state index is -0.951. The normalized spacial score (nSPS) is 17.6. The first-order chi connectivity index (χ1) is 9.41. The summed E-state index contributed by atoms with van der Waals surface area (Å²) in [6.07, 6.45) is -0.951. The zero-order valence-electron chi connectivity index (χ0n) is 11.2. The van der Waals surface area contributed by atoms with E-state index in [1.165, 1.54) is 4.90 Å². The number of rotatable bonds is 0. The van der Waals surface area contributed by atoms with Crippen molar-refractivity contribution in [1.82, 2.24) is 19.7 Å². The summed E-state index contributed by atoms with van der Waals surface area (Å²) in [5, 5.41) is 18.7. The van der Waals surface area contributed by atoms with E-state index >= 15 is 0 Å². The number of carboxylic acid groups (broad SMARTS) is 1. The van der Waals surface area contributed by atoms with Gasteiger partial charge in [-0.25, -0.2) is 4.79 Å². The van der Waals surface area contributed by atoms with E-state index in [1.807, 2.05) is 25.3 Å². The smallest absolute Gasteiger partial charge is 0.408 e. The first kappa shape index (κ1) is 13.6. The largest absolute Gasteiger partial charge is 0.465 e. The van der Waals surface area contributed by atoms with Gasteiger partial charge >= 0.3 is 6.09 Å². The molecule has 1 aliphatic rings. The fourth-order valence-corrected chi connectivity index (χ4v) is 4.25. The summed E-state index contributed by atoms with van der Waals surface area (Å²) in [5.41, 5.74) is 0.975. The number of nitrogens with zero attached hydrogens (tertiary/aromatic N) is 4. The molecule has 2 aromatic rings. The molecule has 0 radical (unpaired) electrons. The van der Waals surface area contributed by atoms with Gasteiger partial charge in [0.05, 0.1) is 12.6 Å². The number of hydrogen-bond donors (Lipinski definition) is 1. The van der Waals surface area contributed by atoms with Gasteiger partial charge in [-0.15, -0.1) is 21.5 Å². The molecule has 3 heterocycles. The summed E-state index contributed by atoms with van der Waals surface area (Å²) in [5.74, 6) is 1.44. The van der Waals surface area contributed by atoms with E-state index in [1.54, 1.807) is 11.3 Å². The number of hydrogen-bond acceptors (Lipinski definition) is 4. The average molecular weight is 357 g/mol. The molecular formula is C12H13BrN4O2S. The highest BCUT2D eigenvalue weighted by Gasteiger charge is 2.33. The van der Waals surface area contributed by atoms with Crippen LogP contribution in [-0.2, 0) is 6.54 Å². The van der Waals surface area contributed by atoms with Crippen molar-refractivity contribution in [2.24, 2.45) is 0 Å². The predicted octanol–water partition coefficient (Wildman–Crippen LogP) is 3.26. The molecule has 20 heavy (non-hydrogen) atoms. The molecule has 1 amide bonds. The second kappa shape index (κ2) is 4.56. The summed E-state index contributed by atoms with van der Waals surface area (Å²) >= 11 is 5.19. The molecule has 3 rings (SSSR count). The van der Waals surface area contributed by atoms with Crippen molar-refractivity contribution in [3.8, 4) is 5.00 Å². The van der Waals surface area contributed by atoms with Gasteiger partial charge in [-0.1, -0.05) is 0 Å². The van der Waals surface area contributed by atoms with Crippen LogP contribution in [0.25, 0.3) is 5.00 Å². The first-order valence-electron chi connectivity index (χ1n) is 6.11. The Kier molecular flexibility index (Phi) is 3.09. The van der Waals surface area contributed by atoms with Crippen LogP contribution in [0.1, 0.15) is 35.1 Å². The van der Waals surface area contributed by atoms with E-state index in [9.17, 15) is 9.90 Å². The molecule has 0 saturated heterocycles. The van der Waals surface area contributed by atoms with Crippen LogP contribution in [0.2, 0.25) is 0 Å². The maximum absolute atomic E-state index is 11.5. The van der Waals surface area contributed by atoms with Crippen molar-refractivity contribution in [3.05, 3.63) is 26.6 Å². The summed E-state index contributed by atoms with van der Waals surface area (Å²) in [6, 6.07) is -0.333. The quantitative estimate of drug-likeness (QED) is 0.786. The van der Waals surface area contributed by atoms with Gasteiger partial charge in [-0.3, -0.25) is 9.47 Å². The monoisotopic (exact) mass is 356 g/mol. The molecule has 0 saturated carbocycles. The molecule has 0 spiro atoms. The molecule has 0 unspecified atom stereocenters. The van der Waals surface area contributed by atoms with Gasteiger partial charge in [-0.05, 0) is 36.7 Å². The van der Waals surface area contributed by atoms with E-state index in [0.717, 1.165) is 25.7 Å². The molecule has 8 heteroatoms. The van der Waals surface area contributed by atoms with Crippen LogP contribution in [0, 0.1) is 13.8 Å². The molecule has 0 fully saturated rings. The maximum Gasteiger partial charge on any atom is 0.408 e. The van der Waals surface area contributed by atoms with Gasteiger partial charge in [0.1, 0.15) is 10.8 Å². The zero-order valence-corrected chi connectivity index (χ0v) is 13.6. The number of halogens is 1. The third-order valence-electron chi connectivity index (χ3n) is 3.55. The minimum absolute atomic E-state index is 0.333. The number of amides is 1. The number of aryl methyl sites for hydroxylation is 2. The molecular weight excluding hydrogens is 344 g/mol. The first-order valence-corrected chi connectivity index (χ1v) is 7.72. The minimum Gasteiger partial charge on any atom is -0.465 e. The lowest BCUT2D eigenvalue weighted by Gasteiger charge is -2.23. The predicted molar refractivity (Wildman–Crippen MR) is 78.4 cm³/mol. The van der Waals surface area contributed by atoms with Gasteiger partial charge in [0.15, 0.2) is 5.82 Å². The molecule has 0 bridgehead atoms. The Morgan fingerprint density at radius 2 is 2.15 bits per heavy atom. The highest BCUT2D eigenvalue weighted by molar-refractivity contribution is 9.10. The van der Waals surface area contributed by atoms with Gasteiger partial charge in [-0.2, -0.15) is 0 Å². The number of fused-ring (bicyclic) bond motifs is 3. The van der Waals surface area contributed by atoms with E-state index in [0.29, 0.717) is 12.4 Å². The van der Waals surface area contributed by atoms with E-state index in [-0.39, 0.29) is 6.04 Å². The Bertz CT molecular complexity index is 709.